The Balaban J connectivity index is 1.63. The molecule has 3 nitrogen and oxygen atoms in total. The van der Waals surface area contributed by atoms with Gasteiger partial charge < -0.3 is 10.2 Å². The summed E-state index contributed by atoms with van der Waals surface area (Å²) in [7, 11) is -0.889. The molecule has 35 heavy (non-hydrogen) atoms. The van der Waals surface area contributed by atoms with E-state index >= 15 is 0 Å². The number of amides is 1. The van der Waals surface area contributed by atoms with Crippen molar-refractivity contribution in [2.24, 2.45) is 0 Å². The normalized spacial score (nSPS) is 10.8. The summed E-state index contributed by atoms with van der Waals surface area (Å²) < 4.78 is 0. The van der Waals surface area contributed by atoms with E-state index in [2.05, 4.69) is 64.8 Å². The molecule has 0 aliphatic heterocycles. The molecule has 0 saturated heterocycles. The Morgan fingerprint density at radius 2 is 1.20 bits per heavy atom. The van der Waals surface area contributed by atoms with Crippen LogP contribution in [0, 0.1) is 0 Å². The molecule has 0 heterocycles. The molecule has 6 heteroatoms. The van der Waals surface area contributed by atoms with Gasteiger partial charge in [-0.25, -0.2) is 0 Å². The first kappa shape index (κ1) is 25.3. The van der Waals surface area contributed by atoms with E-state index in [-0.39, 0.29) is 5.91 Å². The molecule has 0 atom stereocenters. The van der Waals surface area contributed by atoms with Crippen molar-refractivity contribution in [2.45, 2.75) is 0 Å². The first-order chi connectivity index (χ1) is 17.2. The van der Waals surface area contributed by atoms with Crippen molar-refractivity contribution in [1.29, 1.82) is 0 Å². The lowest BCUT2D eigenvalue weighted by atomic mass is 10.2. The van der Waals surface area contributed by atoms with Crippen LogP contribution in [0.3, 0.4) is 0 Å². The fourth-order valence-corrected chi connectivity index (χ4v) is 6.83. The van der Waals surface area contributed by atoms with Gasteiger partial charge in [-0.1, -0.05) is 78.9 Å². The van der Waals surface area contributed by atoms with Gasteiger partial charge in [-0.2, -0.15) is 0 Å². The van der Waals surface area contributed by atoms with Crippen LogP contribution >= 0.6 is 31.1 Å². The third kappa shape index (κ3) is 6.44. The number of halogens is 2. The Kier molecular flexibility index (Phi) is 9.20. The molecule has 0 fully saturated rings. The zero-order valence-corrected chi connectivity index (χ0v) is 21.7. The van der Waals surface area contributed by atoms with Crippen LogP contribution in [0.2, 0.25) is 0 Å². The van der Waals surface area contributed by atoms with Crippen molar-refractivity contribution in [3.63, 3.8) is 0 Å². The number of hydrogen-bond acceptors (Lipinski definition) is 2. The van der Waals surface area contributed by atoms with Crippen LogP contribution in [0.5, 0.6) is 0 Å². The number of hydrogen-bond donors (Lipinski definition) is 1. The number of rotatable bonds is 10. The predicted octanol–water partition coefficient (Wildman–Crippen LogP) is 5.98. The van der Waals surface area contributed by atoms with Crippen LogP contribution in [0.1, 0.15) is 10.4 Å². The highest BCUT2D eigenvalue weighted by atomic mass is 35.5. The van der Waals surface area contributed by atoms with E-state index in [9.17, 15) is 4.79 Å². The summed E-state index contributed by atoms with van der Waals surface area (Å²) in [5, 5.41) is 6.53. The Morgan fingerprint density at radius 1 is 0.686 bits per heavy atom. The van der Waals surface area contributed by atoms with Gasteiger partial charge in [0.2, 0.25) is 0 Å². The summed E-state index contributed by atoms with van der Waals surface area (Å²) in [5.74, 6) is 0.932. The third-order valence-electron chi connectivity index (χ3n) is 5.62. The molecule has 178 valence electrons. The zero-order chi connectivity index (χ0) is 24.5. The molecule has 4 aromatic carbocycles. The van der Waals surface area contributed by atoms with E-state index < -0.39 is 7.92 Å². The molecule has 0 bridgehead atoms. The van der Waals surface area contributed by atoms with Gasteiger partial charge in [0.25, 0.3) is 5.91 Å². The maximum Gasteiger partial charge on any atom is 0.256 e. The van der Waals surface area contributed by atoms with Gasteiger partial charge in [0.15, 0.2) is 0 Å². The van der Waals surface area contributed by atoms with Gasteiger partial charge in [0.05, 0.1) is 0 Å². The number of alkyl halides is 2. The highest BCUT2D eigenvalue weighted by molar-refractivity contribution is 7.80. The van der Waals surface area contributed by atoms with Crippen molar-refractivity contribution < 1.29 is 4.79 Å². The van der Waals surface area contributed by atoms with Crippen molar-refractivity contribution in [1.82, 2.24) is 0 Å². The molecule has 0 aliphatic rings. The Morgan fingerprint density at radius 3 is 1.74 bits per heavy atom. The van der Waals surface area contributed by atoms with Gasteiger partial charge in [-0.05, 0) is 54.2 Å². The smallest absolute Gasteiger partial charge is 0.256 e. The summed E-state index contributed by atoms with van der Waals surface area (Å²) in [4.78, 5) is 15.6. The molecule has 0 unspecified atom stereocenters. The van der Waals surface area contributed by atoms with Crippen LogP contribution in [-0.4, -0.2) is 30.8 Å². The quantitative estimate of drug-likeness (QED) is 0.206. The third-order valence-corrected chi connectivity index (χ3v) is 8.46. The van der Waals surface area contributed by atoms with E-state index in [1.54, 1.807) is 0 Å². The van der Waals surface area contributed by atoms with Crippen LogP contribution in [0.4, 0.5) is 11.4 Å². The minimum atomic E-state index is -0.889. The summed E-state index contributed by atoms with van der Waals surface area (Å²) in [6.45, 7) is 1.44. The summed E-state index contributed by atoms with van der Waals surface area (Å²) >= 11 is 11.9. The molecule has 0 spiro atoms. The van der Waals surface area contributed by atoms with E-state index in [1.807, 2.05) is 54.6 Å². The van der Waals surface area contributed by atoms with E-state index in [0.29, 0.717) is 17.3 Å². The van der Waals surface area contributed by atoms with Crippen molar-refractivity contribution in [3.05, 3.63) is 115 Å². The van der Waals surface area contributed by atoms with Gasteiger partial charge in [-0.3, -0.25) is 4.79 Å². The number of anilines is 2. The van der Waals surface area contributed by atoms with Gasteiger partial charge in [-0.15, -0.1) is 23.2 Å². The van der Waals surface area contributed by atoms with Gasteiger partial charge >= 0.3 is 0 Å². The Bertz CT molecular complexity index is 1170. The predicted molar refractivity (Wildman–Crippen MR) is 153 cm³/mol. The molecular formula is C29H27Cl2N2OP. The van der Waals surface area contributed by atoms with E-state index in [0.717, 1.165) is 29.8 Å². The molecule has 0 radical (unpaired) electrons. The maximum absolute atomic E-state index is 13.5. The second-order valence-electron chi connectivity index (χ2n) is 7.89. The van der Waals surface area contributed by atoms with E-state index in [4.69, 9.17) is 23.2 Å². The van der Waals surface area contributed by atoms with Crippen molar-refractivity contribution in [2.75, 3.05) is 35.1 Å². The summed E-state index contributed by atoms with van der Waals surface area (Å²) in [6.07, 6.45) is 0. The average molecular weight is 521 g/mol. The number of carbonyl (C=O) groups is 1. The number of nitrogens with zero attached hydrogens (tertiary/aromatic N) is 1. The molecule has 0 aromatic heterocycles. The topological polar surface area (TPSA) is 32.3 Å². The largest absolute Gasteiger partial charge is 0.369 e. The second-order valence-corrected chi connectivity index (χ2v) is 10.8. The lowest BCUT2D eigenvalue weighted by Gasteiger charge is -2.23. The Hall–Kier alpha value is -2.84. The molecule has 1 amide bonds. The fraction of sp³-hybridized carbons (Fsp3) is 0.138. The lowest BCUT2D eigenvalue weighted by molar-refractivity contribution is 0.102. The molecule has 4 rings (SSSR count). The van der Waals surface area contributed by atoms with Crippen LogP contribution < -0.4 is 26.1 Å². The minimum absolute atomic E-state index is 0.119. The molecule has 0 saturated carbocycles. The number of carbonyl (C=O) groups excluding carboxylic acids is 1. The number of nitrogens with one attached hydrogen (secondary N) is 1. The summed E-state index contributed by atoms with van der Waals surface area (Å²) in [6, 6.07) is 36.5. The average Bonchev–Trinajstić information content (AvgIpc) is 2.91. The van der Waals surface area contributed by atoms with Gasteiger partial charge in [0.1, 0.15) is 0 Å². The first-order valence-corrected chi connectivity index (χ1v) is 13.9. The monoisotopic (exact) mass is 520 g/mol. The van der Waals surface area contributed by atoms with Crippen LogP contribution in [-0.2, 0) is 0 Å². The highest BCUT2D eigenvalue weighted by Crippen LogP contribution is 2.34. The minimum Gasteiger partial charge on any atom is -0.369 e. The standard InChI is InChI=1S/C29H27Cl2N2OP/c30-19-21-33(22-20-31)24-17-15-23(16-18-24)32-29(34)27-13-7-8-14-28(27)35(25-9-3-1-4-10-25)26-11-5-2-6-12-26/h1-18H,19-22H2,(H,32,34). The molecule has 1 N–H and O–H groups in total. The first-order valence-electron chi connectivity index (χ1n) is 11.5. The summed E-state index contributed by atoms with van der Waals surface area (Å²) in [5.41, 5.74) is 2.46. The fourth-order valence-electron chi connectivity index (χ4n) is 3.97. The maximum atomic E-state index is 13.5. The Labute approximate surface area is 218 Å². The SMILES string of the molecule is O=C(Nc1ccc(N(CCCl)CCCl)cc1)c1ccccc1P(c1ccccc1)c1ccccc1. The molecule has 4 aromatic rings. The van der Waals surface area contributed by atoms with Crippen LogP contribution in [0.25, 0.3) is 0 Å². The lowest BCUT2D eigenvalue weighted by Crippen LogP contribution is -2.28. The molecular weight excluding hydrogens is 494 g/mol. The van der Waals surface area contributed by atoms with Crippen molar-refractivity contribution in [3.8, 4) is 0 Å². The highest BCUT2D eigenvalue weighted by Gasteiger charge is 2.22. The second kappa shape index (κ2) is 12.7. The molecule has 0 aliphatic carbocycles. The number of benzene rings is 4. The van der Waals surface area contributed by atoms with Gasteiger partial charge in [0, 0.05) is 41.8 Å². The van der Waals surface area contributed by atoms with E-state index in [1.165, 1.54) is 10.6 Å². The van der Waals surface area contributed by atoms with Crippen molar-refractivity contribution >= 4 is 64.3 Å². The zero-order valence-electron chi connectivity index (χ0n) is 19.3. The van der Waals surface area contributed by atoms with Crippen LogP contribution in [0.15, 0.2) is 109 Å².